The first kappa shape index (κ1) is 12.9. The number of hydrogen-bond acceptors (Lipinski definition) is 2. The van der Waals surface area contributed by atoms with Gasteiger partial charge in [0.2, 0.25) is 0 Å². The van der Waals surface area contributed by atoms with Crippen LogP contribution >= 0.6 is 38.5 Å². The van der Waals surface area contributed by atoms with Crippen molar-refractivity contribution in [1.82, 2.24) is 5.32 Å². The van der Waals surface area contributed by atoms with E-state index in [-0.39, 0.29) is 11.9 Å². The maximum Gasteiger partial charge on any atom is 0.252 e. The molecule has 3 nitrogen and oxygen atoms in total. The molecular formula is C10H12BrIN2O. The summed E-state index contributed by atoms with van der Waals surface area (Å²) in [4.78, 5) is 11.8. The van der Waals surface area contributed by atoms with E-state index < -0.39 is 0 Å². The molecule has 0 aliphatic heterocycles. The number of benzene rings is 1. The second-order valence-corrected chi connectivity index (χ2v) is 5.31. The molecular weight excluding hydrogens is 371 g/mol. The summed E-state index contributed by atoms with van der Waals surface area (Å²) in [6, 6.07) is 5.55. The van der Waals surface area contributed by atoms with Crippen LogP contribution in [0.4, 0.5) is 0 Å². The van der Waals surface area contributed by atoms with Crippen LogP contribution in [0.2, 0.25) is 0 Å². The molecule has 0 saturated carbocycles. The molecule has 0 aliphatic carbocycles. The minimum atomic E-state index is -0.0788. The predicted molar refractivity (Wildman–Crippen MR) is 72.8 cm³/mol. The molecule has 0 saturated heterocycles. The van der Waals surface area contributed by atoms with Gasteiger partial charge in [-0.2, -0.15) is 0 Å². The van der Waals surface area contributed by atoms with Crippen molar-refractivity contribution in [3.63, 3.8) is 0 Å². The van der Waals surface area contributed by atoms with Crippen LogP contribution in [0.25, 0.3) is 0 Å². The average molecular weight is 383 g/mol. The summed E-state index contributed by atoms with van der Waals surface area (Å²) in [7, 11) is 0. The summed E-state index contributed by atoms with van der Waals surface area (Å²) in [5.74, 6) is -0.0788. The van der Waals surface area contributed by atoms with Gasteiger partial charge in [-0.15, -0.1) is 0 Å². The zero-order chi connectivity index (χ0) is 11.4. The Bertz CT molecular complexity index is 370. The number of rotatable bonds is 3. The molecule has 15 heavy (non-hydrogen) atoms. The van der Waals surface area contributed by atoms with Crippen molar-refractivity contribution in [2.75, 3.05) is 6.54 Å². The fraction of sp³-hybridized carbons (Fsp3) is 0.300. The Labute approximate surface area is 111 Å². The summed E-state index contributed by atoms with van der Waals surface area (Å²) >= 11 is 5.49. The molecule has 5 heteroatoms. The number of carbonyl (C=O) groups is 1. The lowest BCUT2D eigenvalue weighted by Gasteiger charge is -2.12. The first-order chi connectivity index (χ1) is 7.04. The van der Waals surface area contributed by atoms with Crippen LogP contribution in [0.3, 0.4) is 0 Å². The molecule has 82 valence electrons. The average Bonchev–Trinajstić information content (AvgIpc) is 2.17. The van der Waals surface area contributed by atoms with Gasteiger partial charge in [0.05, 0.1) is 5.56 Å². The smallest absolute Gasteiger partial charge is 0.252 e. The third kappa shape index (κ3) is 3.73. The third-order valence-corrected chi connectivity index (χ3v) is 3.29. The van der Waals surface area contributed by atoms with Crippen LogP contribution in [0, 0.1) is 3.57 Å². The van der Waals surface area contributed by atoms with E-state index in [0.717, 1.165) is 8.04 Å². The molecule has 1 rings (SSSR count). The maximum absolute atomic E-state index is 11.8. The van der Waals surface area contributed by atoms with Crippen molar-refractivity contribution < 1.29 is 4.79 Å². The van der Waals surface area contributed by atoms with Gasteiger partial charge in [0.25, 0.3) is 5.91 Å². The number of halogens is 2. The van der Waals surface area contributed by atoms with Gasteiger partial charge in [-0.05, 0) is 47.7 Å². The monoisotopic (exact) mass is 382 g/mol. The van der Waals surface area contributed by atoms with Crippen molar-refractivity contribution in [2.24, 2.45) is 5.73 Å². The fourth-order valence-corrected chi connectivity index (χ4v) is 2.58. The molecule has 0 heterocycles. The van der Waals surface area contributed by atoms with E-state index in [1.807, 2.05) is 19.1 Å². The van der Waals surface area contributed by atoms with Gasteiger partial charge >= 0.3 is 0 Å². The molecule has 0 bridgehead atoms. The standard InChI is InChI=1S/C10H12BrIN2O/c1-6(5-13)14-10(15)8-3-2-7(11)4-9(8)12/h2-4,6H,5,13H2,1H3,(H,14,15)/t6-/m1/s1. The maximum atomic E-state index is 11.8. The number of carbonyl (C=O) groups excluding carboxylic acids is 1. The van der Waals surface area contributed by atoms with Crippen molar-refractivity contribution in [1.29, 1.82) is 0 Å². The minimum Gasteiger partial charge on any atom is -0.348 e. The number of nitrogens with one attached hydrogen (secondary N) is 1. The summed E-state index contributed by atoms with van der Waals surface area (Å²) in [5.41, 5.74) is 6.12. The molecule has 3 N–H and O–H groups in total. The first-order valence-electron chi connectivity index (χ1n) is 4.50. The zero-order valence-electron chi connectivity index (χ0n) is 8.26. The highest BCUT2D eigenvalue weighted by Crippen LogP contribution is 2.18. The van der Waals surface area contributed by atoms with Crippen molar-refractivity contribution in [3.8, 4) is 0 Å². The van der Waals surface area contributed by atoms with Crippen LogP contribution in [0.1, 0.15) is 17.3 Å². The highest BCUT2D eigenvalue weighted by Gasteiger charge is 2.11. The molecule has 1 aromatic rings. The Hall–Kier alpha value is -0.140. The minimum absolute atomic E-state index is 0.00283. The van der Waals surface area contributed by atoms with Gasteiger partial charge in [-0.1, -0.05) is 15.9 Å². The second-order valence-electron chi connectivity index (χ2n) is 3.23. The quantitative estimate of drug-likeness (QED) is 0.787. The van der Waals surface area contributed by atoms with Crippen LogP contribution < -0.4 is 11.1 Å². The highest BCUT2D eigenvalue weighted by atomic mass is 127. The van der Waals surface area contributed by atoms with Crippen molar-refractivity contribution >= 4 is 44.4 Å². The largest absolute Gasteiger partial charge is 0.348 e. The van der Waals surface area contributed by atoms with E-state index >= 15 is 0 Å². The summed E-state index contributed by atoms with van der Waals surface area (Å²) in [6.45, 7) is 2.32. The molecule has 1 aromatic carbocycles. The Morgan fingerprint density at radius 3 is 2.87 bits per heavy atom. The van der Waals surface area contributed by atoms with E-state index in [1.54, 1.807) is 6.07 Å². The van der Waals surface area contributed by atoms with E-state index in [2.05, 4.69) is 43.8 Å². The molecule has 0 fully saturated rings. The molecule has 0 aromatic heterocycles. The molecule has 0 aliphatic rings. The molecule has 0 unspecified atom stereocenters. The third-order valence-electron chi connectivity index (χ3n) is 1.91. The second kappa shape index (κ2) is 5.81. The number of amides is 1. The van der Waals surface area contributed by atoms with E-state index in [1.165, 1.54) is 0 Å². The van der Waals surface area contributed by atoms with E-state index in [0.29, 0.717) is 12.1 Å². The Kier molecular flexibility index (Phi) is 5.01. The normalized spacial score (nSPS) is 12.3. The highest BCUT2D eigenvalue weighted by molar-refractivity contribution is 14.1. The van der Waals surface area contributed by atoms with Gasteiger partial charge in [0.15, 0.2) is 0 Å². The van der Waals surface area contributed by atoms with Gasteiger partial charge in [-0.3, -0.25) is 4.79 Å². The van der Waals surface area contributed by atoms with Crippen LogP contribution in [0.15, 0.2) is 22.7 Å². The Balaban J connectivity index is 2.82. The molecule has 1 amide bonds. The first-order valence-corrected chi connectivity index (χ1v) is 6.37. The van der Waals surface area contributed by atoms with Gasteiger partial charge in [-0.25, -0.2) is 0 Å². The lowest BCUT2D eigenvalue weighted by atomic mass is 10.2. The van der Waals surface area contributed by atoms with Crippen molar-refractivity contribution in [3.05, 3.63) is 31.8 Å². The molecule has 0 radical (unpaired) electrons. The fourth-order valence-electron chi connectivity index (χ4n) is 1.03. The Morgan fingerprint density at radius 1 is 1.67 bits per heavy atom. The SMILES string of the molecule is C[C@H](CN)NC(=O)c1ccc(Br)cc1I. The van der Waals surface area contributed by atoms with Crippen LogP contribution in [-0.4, -0.2) is 18.5 Å². The lowest BCUT2D eigenvalue weighted by Crippen LogP contribution is -2.38. The molecule has 0 spiro atoms. The summed E-state index contributed by atoms with van der Waals surface area (Å²) < 4.78 is 1.89. The Morgan fingerprint density at radius 2 is 2.33 bits per heavy atom. The summed E-state index contributed by atoms with van der Waals surface area (Å²) in [6.07, 6.45) is 0. The molecule has 1 atom stereocenters. The number of nitrogens with two attached hydrogens (primary N) is 1. The zero-order valence-corrected chi connectivity index (χ0v) is 12.0. The van der Waals surface area contributed by atoms with Crippen LogP contribution in [-0.2, 0) is 0 Å². The van der Waals surface area contributed by atoms with E-state index in [9.17, 15) is 4.79 Å². The van der Waals surface area contributed by atoms with Crippen molar-refractivity contribution in [2.45, 2.75) is 13.0 Å². The van der Waals surface area contributed by atoms with Gasteiger partial charge in [0, 0.05) is 20.6 Å². The van der Waals surface area contributed by atoms with Gasteiger partial charge in [0.1, 0.15) is 0 Å². The van der Waals surface area contributed by atoms with Crippen LogP contribution in [0.5, 0.6) is 0 Å². The van der Waals surface area contributed by atoms with Gasteiger partial charge < -0.3 is 11.1 Å². The predicted octanol–water partition coefficient (Wildman–Crippen LogP) is 2.13. The number of hydrogen-bond donors (Lipinski definition) is 2. The summed E-state index contributed by atoms with van der Waals surface area (Å²) in [5, 5.41) is 2.82. The lowest BCUT2D eigenvalue weighted by molar-refractivity contribution is 0.0940. The van der Waals surface area contributed by atoms with E-state index in [4.69, 9.17) is 5.73 Å². The topological polar surface area (TPSA) is 55.1 Å².